The molecule has 2 heterocycles. The number of rotatable bonds is 3. The van der Waals surface area contributed by atoms with Gasteiger partial charge in [0.25, 0.3) is 5.91 Å². The van der Waals surface area contributed by atoms with Crippen molar-refractivity contribution in [3.8, 4) is 17.8 Å². The van der Waals surface area contributed by atoms with Crippen molar-refractivity contribution in [2.75, 3.05) is 4.90 Å². The zero-order chi connectivity index (χ0) is 20.7. The maximum atomic E-state index is 12.5. The molecule has 1 saturated heterocycles. The summed E-state index contributed by atoms with van der Waals surface area (Å²) in [4.78, 5) is 34.0. The minimum Gasteiger partial charge on any atom is -0.424 e. The molecular formula is C20H21N5O3. The summed E-state index contributed by atoms with van der Waals surface area (Å²) in [5.74, 6) is 0.223. The molecule has 0 aliphatic carbocycles. The first-order chi connectivity index (χ1) is 13.0. The van der Waals surface area contributed by atoms with E-state index < -0.39 is 17.5 Å². The number of carbonyl (C=O) groups is 2. The highest BCUT2D eigenvalue weighted by Crippen LogP contribution is 2.34. The van der Waals surface area contributed by atoms with Crippen LogP contribution in [0.4, 0.5) is 10.6 Å². The van der Waals surface area contributed by atoms with Crippen LogP contribution in [-0.4, -0.2) is 27.4 Å². The summed E-state index contributed by atoms with van der Waals surface area (Å²) in [6, 6.07) is 8.13. The molecule has 0 radical (unpaired) electrons. The number of nitrogens with one attached hydrogen (secondary N) is 1. The molecular weight excluding hydrogens is 358 g/mol. The molecule has 1 aromatic carbocycles. The van der Waals surface area contributed by atoms with Gasteiger partial charge in [-0.2, -0.15) is 10.2 Å². The summed E-state index contributed by atoms with van der Waals surface area (Å²) in [6.07, 6.45) is 1.42. The zero-order valence-electron chi connectivity index (χ0n) is 16.4. The van der Waals surface area contributed by atoms with Gasteiger partial charge in [-0.25, -0.2) is 14.7 Å². The molecule has 1 fully saturated rings. The van der Waals surface area contributed by atoms with Crippen LogP contribution in [0.2, 0.25) is 0 Å². The molecule has 0 saturated carbocycles. The molecule has 28 heavy (non-hydrogen) atoms. The highest BCUT2D eigenvalue weighted by Gasteiger charge is 2.45. The van der Waals surface area contributed by atoms with Crippen LogP contribution < -0.4 is 15.0 Å². The van der Waals surface area contributed by atoms with E-state index in [4.69, 9.17) is 10.00 Å². The average Bonchev–Trinajstić information content (AvgIpc) is 2.81. The number of ether oxygens (including phenoxy) is 1. The Bertz CT molecular complexity index is 1000. The minimum atomic E-state index is -1.00. The van der Waals surface area contributed by atoms with Gasteiger partial charge >= 0.3 is 12.0 Å². The number of hydrogen-bond acceptors (Lipinski definition) is 6. The van der Waals surface area contributed by atoms with Gasteiger partial charge in [-0.15, -0.1) is 0 Å². The van der Waals surface area contributed by atoms with Crippen molar-refractivity contribution < 1.29 is 14.3 Å². The van der Waals surface area contributed by atoms with E-state index in [1.54, 1.807) is 32.0 Å². The molecule has 0 unspecified atom stereocenters. The molecule has 1 aliphatic rings. The largest absolute Gasteiger partial charge is 0.424 e. The third-order valence-corrected chi connectivity index (χ3v) is 4.33. The number of benzene rings is 1. The third kappa shape index (κ3) is 3.51. The fourth-order valence-electron chi connectivity index (χ4n) is 2.84. The van der Waals surface area contributed by atoms with Gasteiger partial charge < -0.3 is 10.1 Å². The Labute approximate surface area is 163 Å². The predicted molar refractivity (Wildman–Crippen MR) is 102 cm³/mol. The van der Waals surface area contributed by atoms with Crippen molar-refractivity contribution >= 4 is 17.8 Å². The van der Waals surface area contributed by atoms with E-state index in [2.05, 4.69) is 21.4 Å². The Kier molecular flexibility index (Phi) is 4.55. The summed E-state index contributed by atoms with van der Waals surface area (Å²) < 4.78 is 5.86. The number of nitriles is 1. The lowest BCUT2D eigenvalue weighted by Gasteiger charge is -2.22. The second kappa shape index (κ2) is 6.60. The van der Waals surface area contributed by atoms with Crippen molar-refractivity contribution in [1.29, 1.82) is 5.26 Å². The summed E-state index contributed by atoms with van der Waals surface area (Å²) in [6.45, 7) is 9.26. The molecule has 1 N–H and O–H groups in total. The van der Waals surface area contributed by atoms with E-state index in [0.29, 0.717) is 11.3 Å². The molecule has 0 spiro atoms. The molecule has 3 rings (SSSR count). The van der Waals surface area contributed by atoms with Crippen LogP contribution in [-0.2, 0) is 10.2 Å². The molecule has 8 nitrogen and oxygen atoms in total. The first kappa shape index (κ1) is 19.3. The van der Waals surface area contributed by atoms with Gasteiger partial charge in [0, 0.05) is 17.8 Å². The number of nitrogens with zero attached hydrogens (tertiary/aromatic N) is 4. The molecule has 0 bridgehead atoms. The SMILES string of the molecule is CC1(C)NC(=O)N(c2ccnc(Oc3ccc(C#N)cc3C(C)(C)C)n2)C1=O. The summed E-state index contributed by atoms with van der Waals surface area (Å²) in [5, 5.41) is 11.8. The van der Waals surface area contributed by atoms with Crippen LogP contribution in [0.25, 0.3) is 0 Å². The van der Waals surface area contributed by atoms with Gasteiger partial charge in [-0.1, -0.05) is 20.8 Å². The number of urea groups is 1. The van der Waals surface area contributed by atoms with Crippen LogP contribution in [0, 0.1) is 11.3 Å². The van der Waals surface area contributed by atoms with Gasteiger partial charge in [-0.3, -0.25) is 4.79 Å². The van der Waals surface area contributed by atoms with Crippen LogP contribution in [0.15, 0.2) is 30.5 Å². The molecule has 8 heteroatoms. The lowest BCUT2D eigenvalue weighted by Crippen LogP contribution is -2.40. The standard InChI is InChI=1S/C20H21N5O3/c1-19(2,3)13-10-12(11-21)6-7-14(13)28-17-22-9-8-15(23-17)25-16(26)20(4,5)24-18(25)27/h6-10H,1-5H3,(H,24,27). The van der Waals surface area contributed by atoms with Gasteiger partial charge in [-0.05, 0) is 37.5 Å². The number of anilines is 1. The molecule has 3 amide bonds. The zero-order valence-corrected chi connectivity index (χ0v) is 16.4. The van der Waals surface area contributed by atoms with Crippen LogP contribution >= 0.6 is 0 Å². The smallest absolute Gasteiger partial charge is 0.330 e. The van der Waals surface area contributed by atoms with E-state index in [1.165, 1.54) is 12.3 Å². The molecule has 2 aromatic rings. The Morgan fingerprint density at radius 2 is 1.93 bits per heavy atom. The second-order valence-electron chi connectivity index (χ2n) is 8.07. The number of amides is 3. The molecule has 0 atom stereocenters. The first-order valence-corrected chi connectivity index (χ1v) is 8.75. The van der Waals surface area contributed by atoms with E-state index in [0.717, 1.165) is 10.5 Å². The predicted octanol–water partition coefficient (Wildman–Crippen LogP) is 3.27. The van der Waals surface area contributed by atoms with Crippen molar-refractivity contribution in [3.63, 3.8) is 0 Å². The van der Waals surface area contributed by atoms with E-state index in [-0.39, 0.29) is 17.2 Å². The summed E-state index contributed by atoms with van der Waals surface area (Å²) >= 11 is 0. The maximum Gasteiger partial charge on any atom is 0.330 e. The number of hydrogen-bond donors (Lipinski definition) is 1. The van der Waals surface area contributed by atoms with Gasteiger partial charge in [0.15, 0.2) is 5.82 Å². The summed E-state index contributed by atoms with van der Waals surface area (Å²) in [7, 11) is 0. The fourth-order valence-corrected chi connectivity index (χ4v) is 2.84. The quantitative estimate of drug-likeness (QED) is 0.820. The lowest BCUT2D eigenvalue weighted by atomic mass is 9.85. The Morgan fingerprint density at radius 3 is 2.50 bits per heavy atom. The van der Waals surface area contributed by atoms with Gasteiger partial charge in [0.2, 0.25) is 0 Å². The van der Waals surface area contributed by atoms with Crippen molar-refractivity contribution in [2.45, 2.75) is 45.6 Å². The van der Waals surface area contributed by atoms with Crippen molar-refractivity contribution in [2.24, 2.45) is 0 Å². The van der Waals surface area contributed by atoms with Crippen LogP contribution in [0.3, 0.4) is 0 Å². The van der Waals surface area contributed by atoms with E-state index >= 15 is 0 Å². The molecule has 1 aliphatic heterocycles. The van der Waals surface area contributed by atoms with Crippen molar-refractivity contribution in [1.82, 2.24) is 15.3 Å². The summed E-state index contributed by atoms with van der Waals surface area (Å²) in [5.41, 5.74) is 0.0507. The van der Waals surface area contributed by atoms with Gasteiger partial charge in [0.1, 0.15) is 11.3 Å². The van der Waals surface area contributed by atoms with Gasteiger partial charge in [0.05, 0.1) is 11.6 Å². The topological polar surface area (TPSA) is 108 Å². The Morgan fingerprint density at radius 1 is 1.21 bits per heavy atom. The highest BCUT2D eigenvalue weighted by atomic mass is 16.5. The first-order valence-electron chi connectivity index (χ1n) is 8.75. The van der Waals surface area contributed by atoms with Crippen molar-refractivity contribution in [3.05, 3.63) is 41.6 Å². The minimum absolute atomic E-state index is 0.00184. The lowest BCUT2D eigenvalue weighted by molar-refractivity contribution is -0.121. The third-order valence-electron chi connectivity index (χ3n) is 4.33. The second-order valence-corrected chi connectivity index (χ2v) is 8.07. The highest BCUT2D eigenvalue weighted by molar-refractivity contribution is 6.22. The van der Waals surface area contributed by atoms with E-state index in [1.807, 2.05) is 20.8 Å². The monoisotopic (exact) mass is 379 g/mol. The number of imide groups is 1. The van der Waals surface area contributed by atoms with E-state index in [9.17, 15) is 9.59 Å². The number of aromatic nitrogens is 2. The normalized spacial score (nSPS) is 15.9. The van der Waals surface area contributed by atoms with Crippen LogP contribution in [0.5, 0.6) is 11.8 Å². The number of carbonyl (C=O) groups excluding carboxylic acids is 2. The molecule has 1 aromatic heterocycles. The fraction of sp³-hybridized carbons (Fsp3) is 0.350. The molecule has 144 valence electrons. The maximum absolute atomic E-state index is 12.5. The van der Waals surface area contributed by atoms with Crippen LogP contribution in [0.1, 0.15) is 45.7 Å². The average molecular weight is 379 g/mol. The Hall–Kier alpha value is -3.47. The Balaban J connectivity index is 1.96.